The van der Waals surface area contributed by atoms with Gasteiger partial charge in [0.2, 0.25) is 0 Å². The summed E-state index contributed by atoms with van der Waals surface area (Å²) in [5.74, 6) is 0. The molecule has 20 heavy (non-hydrogen) atoms. The van der Waals surface area contributed by atoms with Crippen molar-refractivity contribution in [2.75, 3.05) is 4.72 Å². The van der Waals surface area contributed by atoms with E-state index >= 15 is 0 Å². The quantitative estimate of drug-likeness (QED) is 0.773. The summed E-state index contributed by atoms with van der Waals surface area (Å²) < 4.78 is 28.2. The number of benzene rings is 2. The second-order valence-electron chi connectivity index (χ2n) is 4.47. The van der Waals surface area contributed by atoms with E-state index in [2.05, 4.69) is 27.3 Å². The summed E-state index contributed by atoms with van der Waals surface area (Å²) in [6, 6.07) is 13.6. The van der Waals surface area contributed by atoms with Crippen LogP contribution in [0.25, 0.3) is 0 Å². The third-order valence-corrected chi connectivity index (χ3v) is 4.89. The van der Waals surface area contributed by atoms with Crippen LogP contribution in [-0.4, -0.2) is 8.42 Å². The molecule has 0 radical (unpaired) electrons. The summed E-state index contributed by atoms with van der Waals surface area (Å²) in [5, 5.41) is 0. The molecule has 2 aromatic rings. The van der Waals surface area contributed by atoms with Gasteiger partial charge in [0.1, 0.15) is 0 Å². The summed E-state index contributed by atoms with van der Waals surface area (Å²) in [4.78, 5) is 0.214. The van der Waals surface area contributed by atoms with Crippen LogP contribution in [0.2, 0.25) is 0 Å². The largest absolute Gasteiger partial charge is 0.324 e. The Morgan fingerprint density at radius 1 is 1.15 bits per heavy atom. The van der Waals surface area contributed by atoms with Gasteiger partial charge >= 0.3 is 0 Å². The average Bonchev–Trinajstić information content (AvgIpc) is 2.41. The lowest BCUT2D eigenvalue weighted by molar-refractivity contribution is 0.601. The minimum Gasteiger partial charge on any atom is -0.324 e. The normalized spacial score (nSPS) is 12.9. The van der Waals surface area contributed by atoms with E-state index in [0.717, 1.165) is 9.13 Å². The molecule has 0 aliphatic rings. The van der Waals surface area contributed by atoms with E-state index in [0.29, 0.717) is 5.69 Å². The zero-order valence-electron chi connectivity index (χ0n) is 10.9. The van der Waals surface area contributed by atoms with Crippen molar-refractivity contribution in [2.24, 2.45) is 5.73 Å². The second-order valence-corrected chi connectivity index (χ2v) is 7.40. The molecule has 1 atom stereocenters. The van der Waals surface area contributed by atoms with E-state index in [1.807, 2.05) is 25.1 Å². The standard InChI is InChI=1S/C14H15IN2O2S/c1-10(16)11-3-2-4-14(9-11)20(18,19)17-13-7-5-12(15)6-8-13/h2-10,17H,16H2,1H3. The maximum Gasteiger partial charge on any atom is 0.261 e. The highest BCUT2D eigenvalue weighted by Crippen LogP contribution is 2.20. The van der Waals surface area contributed by atoms with Crippen molar-refractivity contribution >= 4 is 38.3 Å². The number of nitrogens with one attached hydrogen (secondary N) is 1. The van der Waals surface area contributed by atoms with Gasteiger partial charge < -0.3 is 5.73 Å². The zero-order valence-corrected chi connectivity index (χ0v) is 13.9. The average molecular weight is 402 g/mol. The number of halogens is 1. The van der Waals surface area contributed by atoms with Crippen LogP contribution < -0.4 is 10.5 Å². The molecular formula is C14H15IN2O2S. The Hall–Kier alpha value is -1.12. The van der Waals surface area contributed by atoms with Crippen molar-refractivity contribution in [1.82, 2.24) is 0 Å². The van der Waals surface area contributed by atoms with Gasteiger partial charge in [0.25, 0.3) is 10.0 Å². The number of nitrogens with two attached hydrogens (primary N) is 1. The van der Waals surface area contributed by atoms with E-state index in [-0.39, 0.29) is 10.9 Å². The summed E-state index contributed by atoms with van der Waals surface area (Å²) in [6.45, 7) is 1.82. The van der Waals surface area contributed by atoms with Gasteiger partial charge in [-0.25, -0.2) is 8.42 Å². The Bertz CT molecular complexity index is 697. The lowest BCUT2D eigenvalue weighted by Crippen LogP contribution is -2.14. The third-order valence-electron chi connectivity index (χ3n) is 2.79. The fourth-order valence-electron chi connectivity index (χ4n) is 1.70. The second kappa shape index (κ2) is 6.11. The maximum absolute atomic E-state index is 12.3. The highest BCUT2D eigenvalue weighted by molar-refractivity contribution is 14.1. The minimum absolute atomic E-state index is 0.205. The molecular weight excluding hydrogens is 387 g/mol. The van der Waals surface area contributed by atoms with Crippen molar-refractivity contribution in [3.8, 4) is 0 Å². The fourth-order valence-corrected chi connectivity index (χ4v) is 3.17. The van der Waals surface area contributed by atoms with Crippen molar-refractivity contribution < 1.29 is 8.42 Å². The topological polar surface area (TPSA) is 72.2 Å². The van der Waals surface area contributed by atoms with Crippen LogP contribution >= 0.6 is 22.6 Å². The fraction of sp³-hybridized carbons (Fsp3) is 0.143. The number of anilines is 1. The SMILES string of the molecule is CC(N)c1cccc(S(=O)(=O)Nc2ccc(I)cc2)c1. The van der Waals surface area contributed by atoms with Crippen LogP contribution in [0.3, 0.4) is 0 Å². The van der Waals surface area contributed by atoms with Crippen LogP contribution in [0.4, 0.5) is 5.69 Å². The number of hydrogen-bond donors (Lipinski definition) is 2. The molecule has 4 nitrogen and oxygen atoms in total. The summed E-state index contributed by atoms with van der Waals surface area (Å²) in [5.41, 5.74) is 7.11. The van der Waals surface area contributed by atoms with E-state index in [1.165, 1.54) is 0 Å². The Kier molecular flexibility index (Phi) is 4.66. The van der Waals surface area contributed by atoms with Crippen molar-refractivity contribution in [3.05, 3.63) is 57.7 Å². The van der Waals surface area contributed by atoms with Crippen molar-refractivity contribution in [2.45, 2.75) is 17.9 Å². The van der Waals surface area contributed by atoms with E-state index < -0.39 is 10.0 Å². The first kappa shape index (κ1) is 15.3. The van der Waals surface area contributed by atoms with Crippen molar-refractivity contribution in [3.63, 3.8) is 0 Å². The first-order chi connectivity index (χ1) is 9.38. The van der Waals surface area contributed by atoms with Gasteiger partial charge in [0.15, 0.2) is 0 Å². The van der Waals surface area contributed by atoms with E-state index in [1.54, 1.807) is 30.3 Å². The van der Waals surface area contributed by atoms with Gasteiger partial charge in [-0.05, 0) is 71.5 Å². The molecule has 3 N–H and O–H groups in total. The summed E-state index contributed by atoms with van der Waals surface area (Å²) >= 11 is 2.17. The number of hydrogen-bond acceptors (Lipinski definition) is 3. The Labute approximate surface area is 132 Å². The molecule has 2 aromatic carbocycles. The molecule has 1 unspecified atom stereocenters. The smallest absolute Gasteiger partial charge is 0.261 e. The number of rotatable bonds is 4. The highest BCUT2D eigenvalue weighted by atomic mass is 127. The predicted molar refractivity (Wildman–Crippen MR) is 89.0 cm³/mol. The van der Waals surface area contributed by atoms with Crippen LogP contribution in [0.15, 0.2) is 53.4 Å². The molecule has 6 heteroatoms. The predicted octanol–water partition coefficient (Wildman–Crippen LogP) is 3.11. The van der Waals surface area contributed by atoms with Crippen molar-refractivity contribution in [1.29, 1.82) is 0 Å². The molecule has 0 fully saturated rings. The van der Waals surface area contributed by atoms with Crippen LogP contribution in [-0.2, 0) is 10.0 Å². The molecule has 0 aliphatic heterocycles. The molecule has 0 heterocycles. The molecule has 0 bridgehead atoms. The molecule has 0 aromatic heterocycles. The highest BCUT2D eigenvalue weighted by Gasteiger charge is 2.15. The molecule has 0 aliphatic carbocycles. The molecule has 106 valence electrons. The molecule has 2 rings (SSSR count). The lowest BCUT2D eigenvalue weighted by atomic mass is 10.1. The van der Waals surface area contributed by atoms with E-state index in [9.17, 15) is 8.42 Å². The Morgan fingerprint density at radius 3 is 2.40 bits per heavy atom. The summed E-state index contributed by atoms with van der Waals surface area (Å²) in [7, 11) is -3.59. The van der Waals surface area contributed by atoms with Gasteiger partial charge in [0.05, 0.1) is 4.90 Å². The third kappa shape index (κ3) is 3.71. The van der Waals surface area contributed by atoms with Gasteiger partial charge in [0, 0.05) is 15.3 Å². The molecule has 0 saturated heterocycles. The Balaban J connectivity index is 2.30. The Morgan fingerprint density at radius 2 is 1.80 bits per heavy atom. The monoisotopic (exact) mass is 402 g/mol. The summed E-state index contributed by atoms with van der Waals surface area (Å²) in [6.07, 6.45) is 0. The maximum atomic E-state index is 12.3. The van der Waals surface area contributed by atoms with Gasteiger partial charge in [-0.3, -0.25) is 4.72 Å². The first-order valence-electron chi connectivity index (χ1n) is 6.02. The molecule has 0 saturated carbocycles. The zero-order chi connectivity index (χ0) is 14.8. The van der Waals surface area contributed by atoms with Gasteiger partial charge in [-0.2, -0.15) is 0 Å². The van der Waals surface area contributed by atoms with Crippen LogP contribution in [0.1, 0.15) is 18.5 Å². The van der Waals surface area contributed by atoms with Gasteiger partial charge in [-0.15, -0.1) is 0 Å². The van der Waals surface area contributed by atoms with Gasteiger partial charge in [-0.1, -0.05) is 12.1 Å². The molecule has 0 amide bonds. The van der Waals surface area contributed by atoms with E-state index in [4.69, 9.17) is 5.73 Å². The lowest BCUT2D eigenvalue weighted by Gasteiger charge is -2.11. The van der Waals surface area contributed by atoms with Crippen LogP contribution in [0.5, 0.6) is 0 Å². The molecule has 0 spiro atoms. The number of sulfonamides is 1. The minimum atomic E-state index is -3.59. The first-order valence-corrected chi connectivity index (χ1v) is 8.58. The van der Waals surface area contributed by atoms with Crippen LogP contribution in [0, 0.1) is 3.57 Å².